The minimum Gasteiger partial charge on any atom is -0.508 e. The molecule has 1 aliphatic heterocycles. The van der Waals surface area contributed by atoms with Crippen LogP contribution in [-0.4, -0.2) is 16.9 Å². The Morgan fingerprint density at radius 3 is 3.07 bits per heavy atom. The van der Waals surface area contributed by atoms with Crippen LogP contribution in [-0.2, 0) is 0 Å². The minimum absolute atomic E-state index is 0.339. The predicted octanol–water partition coefficient (Wildman–Crippen LogP) is 2.51. The summed E-state index contributed by atoms with van der Waals surface area (Å²) in [6, 6.07) is 8.07. The number of aromatic hydroxyl groups is 1. The van der Waals surface area contributed by atoms with E-state index in [1.807, 2.05) is 23.9 Å². The highest BCUT2D eigenvalue weighted by molar-refractivity contribution is 7.99. The highest BCUT2D eigenvalue weighted by atomic mass is 32.2. The van der Waals surface area contributed by atoms with E-state index in [2.05, 4.69) is 18.3 Å². The summed E-state index contributed by atoms with van der Waals surface area (Å²) in [5, 5.41) is 13.2. The van der Waals surface area contributed by atoms with Crippen LogP contribution in [0.5, 0.6) is 5.75 Å². The van der Waals surface area contributed by atoms with Gasteiger partial charge in [0.15, 0.2) is 0 Å². The van der Waals surface area contributed by atoms with E-state index in [0.717, 1.165) is 0 Å². The van der Waals surface area contributed by atoms with Gasteiger partial charge >= 0.3 is 0 Å². The van der Waals surface area contributed by atoms with Crippen LogP contribution in [0.2, 0.25) is 0 Å². The number of benzene rings is 1. The molecule has 3 heteroatoms. The Morgan fingerprint density at radius 2 is 2.36 bits per heavy atom. The Morgan fingerprint density at radius 1 is 1.50 bits per heavy atom. The maximum absolute atomic E-state index is 9.37. The number of thioether (sulfide) groups is 1. The van der Waals surface area contributed by atoms with Crippen molar-refractivity contribution in [2.75, 3.05) is 5.75 Å². The van der Waals surface area contributed by atoms with Gasteiger partial charge < -0.3 is 5.11 Å². The molecule has 76 valence electrons. The van der Waals surface area contributed by atoms with Crippen LogP contribution < -0.4 is 5.32 Å². The van der Waals surface area contributed by atoms with Crippen LogP contribution in [0, 0.1) is 0 Å². The van der Waals surface area contributed by atoms with Crippen molar-refractivity contribution in [1.82, 2.24) is 5.32 Å². The Labute approximate surface area is 88.7 Å². The summed E-state index contributed by atoms with van der Waals surface area (Å²) in [6.45, 7) is 2.20. The van der Waals surface area contributed by atoms with Crippen LogP contribution in [0.15, 0.2) is 24.3 Å². The zero-order chi connectivity index (χ0) is 9.97. The summed E-state index contributed by atoms with van der Waals surface area (Å²) in [4.78, 5) is 0. The molecular weight excluding hydrogens is 194 g/mol. The van der Waals surface area contributed by atoms with Crippen molar-refractivity contribution >= 4 is 11.8 Å². The zero-order valence-electron chi connectivity index (χ0n) is 8.23. The molecule has 1 heterocycles. The van der Waals surface area contributed by atoms with E-state index in [1.54, 1.807) is 6.07 Å². The van der Waals surface area contributed by atoms with Crippen molar-refractivity contribution in [2.45, 2.75) is 24.8 Å². The van der Waals surface area contributed by atoms with E-state index in [4.69, 9.17) is 0 Å². The lowest BCUT2D eigenvalue weighted by Gasteiger charge is -2.28. The standard InChI is InChI=1S/C11H15NOS/c1-8-5-6-14-11(12-8)9-3-2-4-10(13)7-9/h2-4,7-8,11-13H,5-6H2,1H3. The molecule has 1 aliphatic rings. The van der Waals surface area contributed by atoms with E-state index in [9.17, 15) is 5.11 Å². The molecule has 1 fully saturated rings. The van der Waals surface area contributed by atoms with Gasteiger partial charge in [-0.2, -0.15) is 0 Å². The Balaban J connectivity index is 2.14. The first-order valence-electron chi connectivity index (χ1n) is 4.92. The van der Waals surface area contributed by atoms with Crippen LogP contribution in [0.25, 0.3) is 0 Å². The Kier molecular flexibility index (Phi) is 2.99. The smallest absolute Gasteiger partial charge is 0.115 e. The number of hydrogen-bond donors (Lipinski definition) is 2. The summed E-state index contributed by atoms with van der Waals surface area (Å²) in [6.07, 6.45) is 1.22. The number of nitrogens with one attached hydrogen (secondary N) is 1. The van der Waals surface area contributed by atoms with Gasteiger partial charge in [0.1, 0.15) is 5.75 Å². The summed E-state index contributed by atoms with van der Waals surface area (Å²) < 4.78 is 0. The number of hydrogen-bond acceptors (Lipinski definition) is 3. The lowest BCUT2D eigenvalue weighted by Crippen LogP contribution is -2.33. The molecule has 0 aromatic heterocycles. The van der Waals surface area contributed by atoms with Gasteiger partial charge in [-0.05, 0) is 36.8 Å². The average Bonchev–Trinajstić information content (AvgIpc) is 2.18. The van der Waals surface area contributed by atoms with Gasteiger partial charge in [0.25, 0.3) is 0 Å². The molecule has 2 atom stereocenters. The molecule has 2 N–H and O–H groups in total. The summed E-state index contributed by atoms with van der Waals surface area (Å²) in [5.41, 5.74) is 1.17. The van der Waals surface area contributed by atoms with Gasteiger partial charge in [0.05, 0.1) is 5.37 Å². The lowest BCUT2D eigenvalue weighted by atomic mass is 10.2. The molecule has 14 heavy (non-hydrogen) atoms. The quantitative estimate of drug-likeness (QED) is 0.745. The molecule has 2 rings (SSSR count). The molecule has 0 spiro atoms. The fourth-order valence-electron chi connectivity index (χ4n) is 1.63. The SMILES string of the molecule is CC1CCSC(c2cccc(O)c2)N1. The van der Waals surface area contributed by atoms with Crippen molar-refractivity contribution < 1.29 is 5.11 Å². The molecule has 1 aromatic carbocycles. The first kappa shape index (κ1) is 9.87. The second-order valence-electron chi connectivity index (χ2n) is 3.70. The molecule has 1 saturated heterocycles. The molecule has 0 bridgehead atoms. The van der Waals surface area contributed by atoms with Gasteiger partial charge in [0, 0.05) is 6.04 Å². The van der Waals surface area contributed by atoms with Gasteiger partial charge in [-0.25, -0.2) is 0 Å². The maximum atomic E-state index is 9.37. The van der Waals surface area contributed by atoms with Crippen LogP contribution in [0.3, 0.4) is 0 Å². The monoisotopic (exact) mass is 209 g/mol. The third-order valence-corrected chi connectivity index (χ3v) is 3.66. The fourth-order valence-corrected chi connectivity index (χ4v) is 3.03. The first-order chi connectivity index (χ1) is 6.75. The number of phenolic OH excluding ortho intramolecular Hbond substituents is 1. The zero-order valence-corrected chi connectivity index (χ0v) is 9.05. The average molecular weight is 209 g/mol. The van der Waals surface area contributed by atoms with E-state index in [-0.39, 0.29) is 0 Å². The second kappa shape index (κ2) is 4.24. The minimum atomic E-state index is 0.339. The third kappa shape index (κ3) is 2.22. The number of rotatable bonds is 1. The lowest BCUT2D eigenvalue weighted by molar-refractivity contribution is 0.471. The van der Waals surface area contributed by atoms with Gasteiger partial charge in [-0.3, -0.25) is 5.32 Å². The molecule has 0 saturated carbocycles. The molecule has 2 nitrogen and oxygen atoms in total. The summed E-state index contributed by atoms with van der Waals surface area (Å²) in [7, 11) is 0. The predicted molar refractivity (Wildman–Crippen MR) is 60.5 cm³/mol. The Bertz CT molecular complexity index is 316. The van der Waals surface area contributed by atoms with Gasteiger partial charge in [-0.15, -0.1) is 11.8 Å². The van der Waals surface area contributed by atoms with E-state index in [0.29, 0.717) is 17.2 Å². The number of phenols is 1. The van der Waals surface area contributed by atoms with Gasteiger partial charge in [0.2, 0.25) is 0 Å². The Hall–Kier alpha value is -0.670. The normalized spacial score (nSPS) is 27.5. The molecule has 0 amide bonds. The van der Waals surface area contributed by atoms with Gasteiger partial charge in [-0.1, -0.05) is 12.1 Å². The summed E-state index contributed by atoms with van der Waals surface area (Å²) in [5.74, 6) is 1.54. The van der Waals surface area contributed by atoms with Crippen molar-refractivity contribution in [3.63, 3.8) is 0 Å². The summed E-state index contributed by atoms with van der Waals surface area (Å²) >= 11 is 1.91. The largest absolute Gasteiger partial charge is 0.508 e. The topological polar surface area (TPSA) is 32.3 Å². The highest BCUT2D eigenvalue weighted by Crippen LogP contribution is 2.32. The van der Waals surface area contributed by atoms with Crippen LogP contribution >= 0.6 is 11.8 Å². The maximum Gasteiger partial charge on any atom is 0.115 e. The van der Waals surface area contributed by atoms with Crippen LogP contribution in [0.4, 0.5) is 0 Å². The van der Waals surface area contributed by atoms with Crippen molar-refractivity contribution in [1.29, 1.82) is 0 Å². The highest BCUT2D eigenvalue weighted by Gasteiger charge is 2.19. The van der Waals surface area contributed by atoms with Crippen molar-refractivity contribution in [3.05, 3.63) is 29.8 Å². The van der Waals surface area contributed by atoms with Crippen molar-refractivity contribution in [3.8, 4) is 5.75 Å². The molecule has 0 aliphatic carbocycles. The molecule has 2 unspecified atom stereocenters. The van der Waals surface area contributed by atoms with E-state index < -0.39 is 0 Å². The van der Waals surface area contributed by atoms with E-state index >= 15 is 0 Å². The molecule has 1 aromatic rings. The fraction of sp³-hybridized carbons (Fsp3) is 0.455. The molecular formula is C11H15NOS. The molecule has 0 radical (unpaired) electrons. The van der Waals surface area contributed by atoms with Crippen molar-refractivity contribution in [2.24, 2.45) is 0 Å². The third-order valence-electron chi connectivity index (χ3n) is 2.44. The van der Waals surface area contributed by atoms with E-state index in [1.165, 1.54) is 17.7 Å². The van der Waals surface area contributed by atoms with Crippen LogP contribution in [0.1, 0.15) is 24.3 Å². The second-order valence-corrected chi connectivity index (χ2v) is 4.92. The first-order valence-corrected chi connectivity index (χ1v) is 5.97.